The number of ether oxygens (including phenoxy) is 2. The van der Waals surface area contributed by atoms with Gasteiger partial charge in [0.05, 0.1) is 7.11 Å². The van der Waals surface area contributed by atoms with Crippen LogP contribution in [0.1, 0.15) is 27.6 Å². The molecule has 0 saturated carbocycles. The number of thiazole rings is 1. The second kappa shape index (κ2) is 8.98. The maximum absolute atomic E-state index is 12.5. The number of hydrogen-bond donors (Lipinski definition) is 2. The van der Waals surface area contributed by atoms with Gasteiger partial charge in [0.1, 0.15) is 0 Å². The van der Waals surface area contributed by atoms with Gasteiger partial charge in [-0.3, -0.25) is 19.7 Å². The summed E-state index contributed by atoms with van der Waals surface area (Å²) in [5.74, 6) is -0.657. The van der Waals surface area contributed by atoms with Crippen LogP contribution in [0.15, 0.2) is 54.0 Å². The van der Waals surface area contributed by atoms with E-state index in [1.807, 2.05) is 0 Å². The van der Waals surface area contributed by atoms with Gasteiger partial charge in [-0.05, 0) is 42.5 Å². The van der Waals surface area contributed by atoms with Crippen LogP contribution in [-0.4, -0.2) is 29.9 Å². The van der Waals surface area contributed by atoms with Crippen molar-refractivity contribution in [3.8, 4) is 11.5 Å². The molecule has 2 N–H and O–H groups in total. The second-order valence-corrected chi connectivity index (χ2v) is 6.68. The third kappa shape index (κ3) is 5.17. The molecule has 0 saturated heterocycles. The van der Waals surface area contributed by atoms with Gasteiger partial charge in [0.15, 0.2) is 16.6 Å². The lowest BCUT2D eigenvalue weighted by atomic mass is 10.1. The zero-order chi connectivity index (χ0) is 20.8. The zero-order valence-corrected chi connectivity index (χ0v) is 16.4. The fourth-order valence-electron chi connectivity index (χ4n) is 2.41. The maximum Gasteiger partial charge on any atom is 0.308 e. The van der Waals surface area contributed by atoms with Crippen LogP contribution < -0.4 is 20.1 Å². The predicted octanol–water partition coefficient (Wildman–Crippen LogP) is 3.58. The molecule has 0 radical (unpaired) electrons. The van der Waals surface area contributed by atoms with Crippen LogP contribution in [0.4, 0.5) is 10.8 Å². The number of benzene rings is 2. The van der Waals surface area contributed by atoms with E-state index in [-0.39, 0.29) is 23.3 Å². The Balaban J connectivity index is 1.67. The van der Waals surface area contributed by atoms with Crippen molar-refractivity contribution in [1.82, 2.24) is 4.98 Å². The van der Waals surface area contributed by atoms with Crippen molar-refractivity contribution in [2.24, 2.45) is 0 Å². The first kappa shape index (κ1) is 20.0. The van der Waals surface area contributed by atoms with Crippen LogP contribution in [0.3, 0.4) is 0 Å². The number of methoxy groups -OCH3 is 1. The summed E-state index contributed by atoms with van der Waals surface area (Å²) in [5.41, 5.74) is 1.28. The Kier molecular flexibility index (Phi) is 6.20. The van der Waals surface area contributed by atoms with E-state index < -0.39 is 5.97 Å². The van der Waals surface area contributed by atoms with Crippen LogP contribution in [-0.2, 0) is 4.79 Å². The highest BCUT2D eigenvalue weighted by Crippen LogP contribution is 2.28. The Labute approximate surface area is 170 Å². The van der Waals surface area contributed by atoms with Crippen molar-refractivity contribution in [3.05, 3.63) is 65.2 Å². The molecule has 8 nitrogen and oxygen atoms in total. The summed E-state index contributed by atoms with van der Waals surface area (Å²) >= 11 is 1.32. The molecule has 0 atom stereocenters. The quantitative estimate of drug-likeness (QED) is 0.474. The van der Waals surface area contributed by atoms with Gasteiger partial charge < -0.3 is 14.8 Å². The van der Waals surface area contributed by atoms with E-state index in [0.717, 1.165) is 0 Å². The lowest BCUT2D eigenvalue weighted by molar-refractivity contribution is -0.132. The number of hydrogen-bond acceptors (Lipinski definition) is 7. The first-order valence-electron chi connectivity index (χ1n) is 8.45. The molecular formula is C20H17N3O5S. The second-order valence-electron chi connectivity index (χ2n) is 5.78. The molecule has 1 aromatic heterocycles. The molecule has 3 aromatic rings. The number of nitrogens with zero attached hydrogens (tertiary/aromatic N) is 1. The van der Waals surface area contributed by atoms with Gasteiger partial charge in [-0.2, -0.15) is 0 Å². The molecule has 0 aliphatic rings. The first-order valence-corrected chi connectivity index (χ1v) is 9.33. The van der Waals surface area contributed by atoms with Crippen LogP contribution >= 0.6 is 11.3 Å². The summed E-state index contributed by atoms with van der Waals surface area (Å²) in [5, 5.41) is 7.70. The summed E-state index contributed by atoms with van der Waals surface area (Å²) < 4.78 is 10.2. The molecule has 0 aliphatic heterocycles. The molecule has 2 amide bonds. The molecule has 3 rings (SSSR count). The average molecular weight is 411 g/mol. The van der Waals surface area contributed by atoms with Gasteiger partial charge in [0, 0.05) is 35.3 Å². The molecule has 0 bridgehead atoms. The van der Waals surface area contributed by atoms with E-state index in [2.05, 4.69) is 15.6 Å². The lowest BCUT2D eigenvalue weighted by Crippen LogP contribution is -2.14. The van der Waals surface area contributed by atoms with Gasteiger partial charge in [0.25, 0.3) is 11.8 Å². The van der Waals surface area contributed by atoms with E-state index in [4.69, 9.17) is 9.47 Å². The van der Waals surface area contributed by atoms with Crippen molar-refractivity contribution in [1.29, 1.82) is 0 Å². The third-order valence-electron chi connectivity index (χ3n) is 3.74. The Bertz CT molecular complexity index is 1030. The minimum atomic E-state index is -0.487. The van der Waals surface area contributed by atoms with Gasteiger partial charge in [-0.25, -0.2) is 4.98 Å². The smallest absolute Gasteiger partial charge is 0.308 e. The molecule has 9 heteroatoms. The number of amides is 2. The molecule has 29 heavy (non-hydrogen) atoms. The number of carbonyl (C=O) groups excluding carboxylic acids is 3. The van der Waals surface area contributed by atoms with Gasteiger partial charge in [0.2, 0.25) is 0 Å². The molecule has 148 valence electrons. The maximum atomic E-state index is 12.5. The van der Waals surface area contributed by atoms with Crippen molar-refractivity contribution < 1.29 is 23.9 Å². The van der Waals surface area contributed by atoms with E-state index in [0.29, 0.717) is 21.9 Å². The zero-order valence-electron chi connectivity index (χ0n) is 15.6. The normalized spacial score (nSPS) is 10.1. The van der Waals surface area contributed by atoms with E-state index in [9.17, 15) is 14.4 Å². The summed E-state index contributed by atoms with van der Waals surface area (Å²) in [6, 6.07) is 10.9. The predicted molar refractivity (Wildman–Crippen MR) is 109 cm³/mol. The van der Waals surface area contributed by atoms with Crippen molar-refractivity contribution in [3.63, 3.8) is 0 Å². The molecule has 0 spiro atoms. The standard InChI is InChI=1S/C20H17N3O5S/c1-12(24)28-16-8-5-14(11-17(16)27-2)19(26)22-15-6-3-13(4-7-15)18(25)23-20-21-9-10-29-20/h3-11H,1-2H3,(H,22,26)(H,21,23,25). The Morgan fingerprint density at radius 2 is 1.62 bits per heavy atom. The van der Waals surface area contributed by atoms with Crippen molar-refractivity contribution >= 4 is 39.9 Å². The SMILES string of the molecule is COc1cc(C(=O)Nc2ccc(C(=O)Nc3nccs3)cc2)ccc1OC(C)=O. The van der Waals surface area contributed by atoms with Gasteiger partial charge in [-0.15, -0.1) is 11.3 Å². The van der Waals surface area contributed by atoms with E-state index in [1.54, 1.807) is 35.8 Å². The molecule has 1 heterocycles. The minimum Gasteiger partial charge on any atom is -0.493 e. The van der Waals surface area contributed by atoms with E-state index in [1.165, 1.54) is 43.6 Å². The molecule has 2 aromatic carbocycles. The number of rotatable bonds is 6. The van der Waals surface area contributed by atoms with Gasteiger partial charge in [-0.1, -0.05) is 0 Å². The van der Waals surface area contributed by atoms with Gasteiger partial charge >= 0.3 is 5.97 Å². The summed E-state index contributed by atoms with van der Waals surface area (Å²) in [4.78, 5) is 39.8. The summed E-state index contributed by atoms with van der Waals surface area (Å²) in [6.45, 7) is 1.28. The number of esters is 1. The highest BCUT2D eigenvalue weighted by Gasteiger charge is 2.13. The summed E-state index contributed by atoms with van der Waals surface area (Å²) in [7, 11) is 1.42. The molecular weight excluding hydrogens is 394 g/mol. The number of nitrogens with one attached hydrogen (secondary N) is 2. The number of aromatic nitrogens is 1. The van der Waals surface area contributed by atoms with Crippen LogP contribution in [0.5, 0.6) is 11.5 Å². The Morgan fingerprint density at radius 1 is 0.931 bits per heavy atom. The first-order chi connectivity index (χ1) is 14.0. The minimum absolute atomic E-state index is 0.229. The van der Waals surface area contributed by atoms with Crippen LogP contribution in [0, 0.1) is 0 Å². The monoisotopic (exact) mass is 411 g/mol. The Morgan fingerprint density at radius 3 is 2.24 bits per heavy atom. The van der Waals surface area contributed by atoms with Crippen molar-refractivity contribution in [2.75, 3.05) is 17.7 Å². The highest BCUT2D eigenvalue weighted by molar-refractivity contribution is 7.13. The number of anilines is 2. The Hall–Kier alpha value is -3.72. The topological polar surface area (TPSA) is 107 Å². The number of carbonyl (C=O) groups is 3. The third-order valence-corrected chi connectivity index (χ3v) is 4.43. The lowest BCUT2D eigenvalue weighted by Gasteiger charge is -2.11. The fourth-order valence-corrected chi connectivity index (χ4v) is 2.93. The van der Waals surface area contributed by atoms with Crippen LogP contribution in [0.2, 0.25) is 0 Å². The largest absolute Gasteiger partial charge is 0.493 e. The fraction of sp³-hybridized carbons (Fsp3) is 0.100. The highest BCUT2D eigenvalue weighted by atomic mass is 32.1. The molecule has 0 unspecified atom stereocenters. The van der Waals surface area contributed by atoms with E-state index >= 15 is 0 Å². The molecule has 0 fully saturated rings. The summed E-state index contributed by atoms with van der Waals surface area (Å²) in [6.07, 6.45) is 1.60. The van der Waals surface area contributed by atoms with Crippen molar-refractivity contribution in [2.45, 2.75) is 6.92 Å². The average Bonchev–Trinajstić information content (AvgIpc) is 3.21. The van der Waals surface area contributed by atoms with Crippen LogP contribution in [0.25, 0.3) is 0 Å². The molecule has 0 aliphatic carbocycles.